The molecule has 0 bridgehead atoms. The highest BCUT2D eigenvalue weighted by Crippen LogP contribution is 2.28. The molecule has 0 unspecified atom stereocenters. The van der Waals surface area contributed by atoms with Gasteiger partial charge in [0, 0.05) is 29.9 Å². The first-order valence-corrected chi connectivity index (χ1v) is 12.6. The molecule has 2 atom stereocenters. The summed E-state index contributed by atoms with van der Waals surface area (Å²) in [5.74, 6) is 0.103. The maximum Gasteiger partial charge on any atom is 0.253 e. The number of nitrogens with zero attached hydrogens (tertiary/aromatic N) is 4. The molecule has 1 saturated heterocycles. The molecule has 3 aromatic heterocycles. The van der Waals surface area contributed by atoms with Gasteiger partial charge >= 0.3 is 0 Å². The van der Waals surface area contributed by atoms with E-state index in [0.29, 0.717) is 28.6 Å². The van der Waals surface area contributed by atoms with Crippen LogP contribution in [0, 0.1) is 5.92 Å². The van der Waals surface area contributed by atoms with Crippen molar-refractivity contribution in [2.24, 2.45) is 5.92 Å². The maximum atomic E-state index is 14.2. The summed E-state index contributed by atoms with van der Waals surface area (Å²) in [5, 5.41) is 7.58. The van der Waals surface area contributed by atoms with E-state index in [9.17, 15) is 14.0 Å². The Morgan fingerprint density at radius 1 is 1.20 bits per heavy atom. The molecule has 0 aliphatic carbocycles. The molecule has 0 aromatic carbocycles. The van der Waals surface area contributed by atoms with Crippen molar-refractivity contribution < 1.29 is 14.0 Å². The van der Waals surface area contributed by atoms with Gasteiger partial charge in [-0.25, -0.2) is 14.4 Å². The van der Waals surface area contributed by atoms with Gasteiger partial charge in [-0.05, 0) is 51.3 Å². The number of anilines is 2. The minimum atomic E-state index is -0.866. The van der Waals surface area contributed by atoms with Crippen molar-refractivity contribution in [2.45, 2.75) is 45.8 Å². The maximum absolute atomic E-state index is 14.2. The molecule has 1 aliphatic heterocycles. The lowest BCUT2D eigenvalue weighted by atomic mass is 9.97. The smallest absolute Gasteiger partial charge is 0.253 e. The SMILES string of the molecule is C[C@@H]1CCN(c2cccc(-c3csc(NC(=O)CNC(=O)c4ccn(C(C)(C)C)c4)n3)n2)C[C@H]1F. The Kier molecular flexibility index (Phi) is 7.20. The quantitative estimate of drug-likeness (QED) is 0.528. The fraction of sp³-hybridized carbons (Fsp3) is 0.440. The van der Waals surface area contributed by atoms with Crippen LogP contribution in [0.3, 0.4) is 0 Å². The van der Waals surface area contributed by atoms with Gasteiger partial charge in [-0.3, -0.25) is 9.59 Å². The van der Waals surface area contributed by atoms with Crippen LogP contribution in [0.5, 0.6) is 0 Å². The third kappa shape index (κ3) is 6.05. The second-order valence-electron chi connectivity index (χ2n) is 9.86. The third-order valence-corrected chi connectivity index (χ3v) is 6.83. The molecule has 0 saturated carbocycles. The summed E-state index contributed by atoms with van der Waals surface area (Å²) in [4.78, 5) is 35.8. The summed E-state index contributed by atoms with van der Waals surface area (Å²) in [6.45, 7) is 9.01. The zero-order chi connectivity index (χ0) is 25.2. The van der Waals surface area contributed by atoms with E-state index in [-0.39, 0.29) is 29.8 Å². The van der Waals surface area contributed by atoms with Gasteiger partial charge in [0.15, 0.2) is 5.13 Å². The summed E-state index contributed by atoms with van der Waals surface area (Å²) in [6.07, 6.45) is 3.53. The Hall–Kier alpha value is -3.27. The predicted molar refractivity (Wildman–Crippen MR) is 137 cm³/mol. The average Bonchev–Trinajstić information content (AvgIpc) is 3.50. The molecule has 2 N–H and O–H groups in total. The van der Waals surface area contributed by atoms with Gasteiger partial charge in [0.05, 0.1) is 24.3 Å². The van der Waals surface area contributed by atoms with Crippen molar-refractivity contribution in [3.05, 3.63) is 47.6 Å². The average molecular weight is 499 g/mol. The zero-order valence-electron chi connectivity index (χ0n) is 20.4. The van der Waals surface area contributed by atoms with E-state index in [1.165, 1.54) is 11.3 Å². The molecule has 1 aliphatic rings. The number of halogens is 1. The van der Waals surface area contributed by atoms with Crippen LogP contribution in [-0.2, 0) is 10.3 Å². The molecule has 3 aromatic rings. The number of hydrogen-bond donors (Lipinski definition) is 2. The highest BCUT2D eigenvalue weighted by Gasteiger charge is 2.26. The fourth-order valence-corrected chi connectivity index (χ4v) is 4.52. The van der Waals surface area contributed by atoms with Crippen molar-refractivity contribution >= 4 is 34.1 Å². The van der Waals surface area contributed by atoms with Crippen molar-refractivity contribution in [3.63, 3.8) is 0 Å². The van der Waals surface area contributed by atoms with Crippen LogP contribution in [0.25, 0.3) is 11.4 Å². The number of rotatable bonds is 6. The minimum Gasteiger partial charge on any atom is -0.354 e. The molecular formula is C25H31FN6O2S. The number of nitrogens with one attached hydrogen (secondary N) is 2. The Balaban J connectivity index is 1.33. The van der Waals surface area contributed by atoms with Crippen LogP contribution < -0.4 is 15.5 Å². The Morgan fingerprint density at radius 2 is 2.00 bits per heavy atom. The molecule has 10 heteroatoms. The first-order valence-electron chi connectivity index (χ1n) is 11.7. The lowest BCUT2D eigenvalue weighted by Gasteiger charge is -2.33. The van der Waals surface area contributed by atoms with Crippen LogP contribution >= 0.6 is 11.3 Å². The summed E-state index contributed by atoms with van der Waals surface area (Å²) >= 11 is 1.28. The second-order valence-corrected chi connectivity index (χ2v) is 10.7. The minimum absolute atomic E-state index is 0.0634. The Morgan fingerprint density at radius 3 is 2.71 bits per heavy atom. The van der Waals surface area contributed by atoms with E-state index in [0.717, 1.165) is 18.8 Å². The fourth-order valence-electron chi connectivity index (χ4n) is 3.80. The van der Waals surface area contributed by atoms with Crippen LogP contribution in [-0.4, -0.2) is 52.2 Å². The molecule has 0 radical (unpaired) electrons. The number of hydrogen-bond acceptors (Lipinski definition) is 6. The number of piperidine rings is 1. The number of carbonyl (C=O) groups excluding carboxylic acids is 2. The van der Waals surface area contributed by atoms with Gasteiger partial charge in [-0.1, -0.05) is 13.0 Å². The topological polar surface area (TPSA) is 92.2 Å². The van der Waals surface area contributed by atoms with Gasteiger partial charge in [0.25, 0.3) is 5.91 Å². The van der Waals surface area contributed by atoms with Gasteiger partial charge in [0.1, 0.15) is 17.7 Å². The molecule has 35 heavy (non-hydrogen) atoms. The van der Waals surface area contributed by atoms with Crippen LogP contribution in [0.1, 0.15) is 44.5 Å². The Bertz CT molecular complexity index is 1200. The number of amides is 2. The largest absolute Gasteiger partial charge is 0.354 e. The highest BCUT2D eigenvalue weighted by atomic mass is 32.1. The first-order chi connectivity index (χ1) is 16.6. The number of aromatic nitrogens is 3. The van der Waals surface area contributed by atoms with Crippen molar-refractivity contribution in [1.82, 2.24) is 19.9 Å². The zero-order valence-corrected chi connectivity index (χ0v) is 21.2. The number of carbonyl (C=O) groups is 2. The monoisotopic (exact) mass is 498 g/mol. The van der Waals surface area contributed by atoms with Crippen molar-refractivity contribution in [3.8, 4) is 11.4 Å². The lowest BCUT2D eigenvalue weighted by molar-refractivity contribution is -0.115. The molecule has 4 heterocycles. The van der Waals surface area contributed by atoms with E-state index < -0.39 is 6.17 Å². The standard InChI is InChI=1S/C25H31FN6O2S/c1-16-8-10-31(14-18(16)26)21-7-5-6-19(28-21)20-15-35-24(29-20)30-22(33)12-27-23(34)17-9-11-32(13-17)25(2,3)4/h5-7,9,11,13,15-16,18H,8,10,12,14H2,1-4H3,(H,27,34)(H,29,30,33)/t16-,18-/m1/s1. The summed E-state index contributed by atoms with van der Waals surface area (Å²) < 4.78 is 16.1. The van der Waals surface area contributed by atoms with Gasteiger partial charge in [-0.2, -0.15) is 0 Å². The number of thiazole rings is 1. The molecule has 2 amide bonds. The predicted octanol–water partition coefficient (Wildman–Crippen LogP) is 4.31. The van der Waals surface area contributed by atoms with E-state index in [4.69, 9.17) is 0 Å². The normalized spacial score (nSPS) is 18.4. The molecule has 8 nitrogen and oxygen atoms in total. The molecule has 4 rings (SSSR count). The lowest BCUT2D eigenvalue weighted by Crippen LogP contribution is -2.41. The summed E-state index contributed by atoms with van der Waals surface area (Å²) in [6, 6.07) is 7.32. The molecule has 0 spiro atoms. The van der Waals surface area contributed by atoms with Gasteiger partial charge in [-0.15, -0.1) is 11.3 Å². The van der Waals surface area contributed by atoms with Crippen molar-refractivity contribution in [1.29, 1.82) is 0 Å². The Labute approximate surface area is 208 Å². The number of pyridine rings is 1. The number of alkyl halides is 1. The van der Waals surface area contributed by atoms with Gasteiger partial charge < -0.3 is 20.1 Å². The van der Waals surface area contributed by atoms with E-state index in [1.54, 1.807) is 12.3 Å². The molecule has 186 valence electrons. The summed E-state index contributed by atoms with van der Waals surface area (Å²) in [5.41, 5.74) is 1.65. The second kappa shape index (κ2) is 10.2. The van der Waals surface area contributed by atoms with E-state index in [1.807, 2.05) is 66.9 Å². The van der Waals surface area contributed by atoms with Crippen LogP contribution in [0.4, 0.5) is 15.3 Å². The van der Waals surface area contributed by atoms with Crippen LogP contribution in [0.2, 0.25) is 0 Å². The molecular weight excluding hydrogens is 467 g/mol. The van der Waals surface area contributed by atoms with Gasteiger partial charge in [0.2, 0.25) is 5.91 Å². The van der Waals surface area contributed by atoms with Crippen LogP contribution in [0.15, 0.2) is 42.0 Å². The third-order valence-electron chi connectivity index (χ3n) is 6.08. The molecule has 1 fully saturated rings. The first kappa shape index (κ1) is 24.8. The van der Waals surface area contributed by atoms with E-state index >= 15 is 0 Å². The van der Waals surface area contributed by atoms with Crippen molar-refractivity contribution in [2.75, 3.05) is 29.9 Å². The highest BCUT2D eigenvalue weighted by molar-refractivity contribution is 7.14. The van der Waals surface area contributed by atoms with E-state index in [2.05, 4.69) is 20.6 Å². The summed E-state index contributed by atoms with van der Waals surface area (Å²) in [7, 11) is 0.